The third-order valence-corrected chi connectivity index (χ3v) is 4.93. The van der Waals surface area contributed by atoms with Gasteiger partial charge in [-0.1, -0.05) is 30.3 Å². The first-order valence-electron chi connectivity index (χ1n) is 9.47. The van der Waals surface area contributed by atoms with Gasteiger partial charge in [-0.15, -0.1) is 0 Å². The van der Waals surface area contributed by atoms with E-state index >= 15 is 0 Å². The van der Waals surface area contributed by atoms with Crippen LogP contribution in [0.3, 0.4) is 0 Å². The van der Waals surface area contributed by atoms with Crippen molar-refractivity contribution in [2.75, 3.05) is 7.11 Å². The van der Waals surface area contributed by atoms with Gasteiger partial charge >= 0.3 is 5.97 Å². The van der Waals surface area contributed by atoms with E-state index in [0.717, 1.165) is 11.1 Å². The predicted molar refractivity (Wildman–Crippen MR) is 113 cm³/mol. The van der Waals surface area contributed by atoms with E-state index in [4.69, 9.17) is 14.2 Å². The van der Waals surface area contributed by atoms with Gasteiger partial charge in [-0.25, -0.2) is 4.79 Å². The van der Waals surface area contributed by atoms with Crippen molar-refractivity contribution >= 4 is 17.8 Å². The Morgan fingerprint density at radius 2 is 1.73 bits per heavy atom. The van der Waals surface area contributed by atoms with Gasteiger partial charge in [0.2, 0.25) is 5.78 Å². The second-order valence-corrected chi connectivity index (χ2v) is 7.03. The molecule has 0 aliphatic carbocycles. The average Bonchev–Trinajstić information content (AvgIpc) is 3.05. The Morgan fingerprint density at radius 3 is 2.50 bits per heavy atom. The molecule has 1 aliphatic rings. The van der Waals surface area contributed by atoms with Gasteiger partial charge in [-0.3, -0.25) is 4.79 Å². The molecular formula is C25H20O5. The molecule has 0 fully saturated rings. The summed E-state index contributed by atoms with van der Waals surface area (Å²) in [7, 11) is 1.53. The Labute approximate surface area is 174 Å². The van der Waals surface area contributed by atoms with E-state index in [0.29, 0.717) is 33.9 Å². The van der Waals surface area contributed by atoms with Crippen LogP contribution in [0.4, 0.5) is 0 Å². The lowest BCUT2D eigenvalue weighted by Gasteiger charge is -2.08. The van der Waals surface area contributed by atoms with Crippen LogP contribution in [-0.2, 0) is 0 Å². The summed E-state index contributed by atoms with van der Waals surface area (Å²) in [5, 5.41) is 0. The summed E-state index contributed by atoms with van der Waals surface area (Å²) in [5.41, 5.74) is 3.48. The highest BCUT2D eigenvalue weighted by atomic mass is 16.5. The fourth-order valence-electron chi connectivity index (χ4n) is 3.34. The lowest BCUT2D eigenvalue weighted by Crippen LogP contribution is -2.09. The number of methoxy groups -OCH3 is 1. The molecule has 0 spiro atoms. The van der Waals surface area contributed by atoms with E-state index in [-0.39, 0.29) is 11.5 Å². The summed E-state index contributed by atoms with van der Waals surface area (Å²) in [6.45, 7) is 3.76. The van der Waals surface area contributed by atoms with Crippen LogP contribution in [-0.4, -0.2) is 18.9 Å². The minimum atomic E-state index is -0.520. The molecule has 0 unspecified atom stereocenters. The van der Waals surface area contributed by atoms with Gasteiger partial charge in [-0.2, -0.15) is 0 Å². The van der Waals surface area contributed by atoms with Crippen molar-refractivity contribution in [2.45, 2.75) is 13.8 Å². The number of Topliss-reactive ketones (excluding diaryl/α,β-unsaturated/α-hetero) is 1. The van der Waals surface area contributed by atoms with E-state index < -0.39 is 5.97 Å². The Balaban J connectivity index is 1.61. The molecule has 1 heterocycles. The molecule has 0 aromatic heterocycles. The second kappa shape index (κ2) is 7.87. The molecule has 3 aromatic carbocycles. The van der Waals surface area contributed by atoms with Crippen molar-refractivity contribution in [3.05, 3.63) is 94.2 Å². The quantitative estimate of drug-likeness (QED) is 0.344. The Morgan fingerprint density at radius 1 is 0.933 bits per heavy atom. The average molecular weight is 400 g/mol. The molecular weight excluding hydrogens is 380 g/mol. The zero-order chi connectivity index (χ0) is 21.3. The van der Waals surface area contributed by atoms with Crippen molar-refractivity contribution in [1.82, 2.24) is 0 Å². The van der Waals surface area contributed by atoms with E-state index in [2.05, 4.69) is 0 Å². The van der Waals surface area contributed by atoms with Gasteiger partial charge in [0.25, 0.3) is 0 Å². The molecule has 5 nitrogen and oxygen atoms in total. The van der Waals surface area contributed by atoms with Gasteiger partial charge in [0.1, 0.15) is 17.2 Å². The first kappa shape index (κ1) is 19.5. The van der Waals surface area contributed by atoms with Crippen molar-refractivity contribution in [3.63, 3.8) is 0 Å². The number of ether oxygens (including phenoxy) is 3. The highest BCUT2D eigenvalue weighted by Gasteiger charge is 2.30. The zero-order valence-corrected chi connectivity index (χ0v) is 16.9. The smallest absolute Gasteiger partial charge is 0.343 e. The number of esters is 1. The SMILES string of the molecule is COc1cccc(C(=O)Oc2cc(C)c3c(c2)O/C(=C\c2ccccc2C)C3=O)c1. The summed E-state index contributed by atoms with van der Waals surface area (Å²) in [6.07, 6.45) is 1.74. The molecule has 0 radical (unpaired) electrons. The lowest BCUT2D eigenvalue weighted by atomic mass is 10.0. The Bertz CT molecular complexity index is 1190. The maximum atomic E-state index is 12.8. The van der Waals surface area contributed by atoms with Crippen molar-refractivity contribution in [1.29, 1.82) is 0 Å². The van der Waals surface area contributed by atoms with Gasteiger partial charge in [0.15, 0.2) is 5.76 Å². The van der Waals surface area contributed by atoms with Gasteiger partial charge in [0, 0.05) is 6.07 Å². The molecule has 0 saturated heterocycles. The number of hydrogen-bond acceptors (Lipinski definition) is 5. The molecule has 0 bridgehead atoms. The minimum Gasteiger partial charge on any atom is -0.497 e. The van der Waals surface area contributed by atoms with Crippen LogP contribution in [0.1, 0.15) is 37.4 Å². The third kappa shape index (κ3) is 3.70. The van der Waals surface area contributed by atoms with Gasteiger partial charge in [-0.05, 0) is 60.9 Å². The van der Waals surface area contributed by atoms with E-state index in [1.165, 1.54) is 7.11 Å². The van der Waals surface area contributed by atoms with E-state index in [9.17, 15) is 9.59 Å². The molecule has 30 heavy (non-hydrogen) atoms. The number of allylic oxidation sites excluding steroid dienone is 1. The molecule has 0 N–H and O–H groups in total. The zero-order valence-electron chi connectivity index (χ0n) is 16.9. The molecule has 5 heteroatoms. The largest absolute Gasteiger partial charge is 0.497 e. The summed E-state index contributed by atoms with van der Waals surface area (Å²) < 4.78 is 16.5. The first-order chi connectivity index (χ1) is 14.5. The monoisotopic (exact) mass is 400 g/mol. The number of hydrogen-bond donors (Lipinski definition) is 0. The normalized spacial score (nSPS) is 13.7. The molecule has 3 aromatic rings. The van der Waals surface area contributed by atoms with Gasteiger partial charge in [0.05, 0.1) is 18.2 Å². The fraction of sp³-hybridized carbons (Fsp3) is 0.120. The summed E-state index contributed by atoms with van der Waals surface area (Å²) in [5.74, 6) is 0.801. The molecule has 0 amide bonds. The van der Waals surface area contributed by atoms with Gasteiger partial charge < -0.3 is 14.2 Å². The molecule has 1 aliphatic heterocycles. The highest BCUT2D eigenvalue weighted by Crippen LogP contribution is 2.38. The number of aryl methyl sites for hydroxylation is 2. The summed E-state index contributed by atoms with van der Waals surface area (Å²) >= 11 is 0. The maximum Gasteiger partial charge on any atom is 0.343 e. The predicted octanol–water partition coefficient (Wildman–Crippen LogP) is 5.15. The maximum absolute atomic E-state index is 12.8. The number of fused-ring (bicyclic) bond motifs is 1. The fourth-order valence-corrected chi connectivity index (χ4v) is 3.34. The van der Waals surface area contributed by atoms with Crippen molar-refractivity contribution in [3.8, 4) is 17.2 Å². The molecule has 0 atom stereocenters. The Kier molecular flexibility index (Phi) is 5.11. The topological polar surface area (TPSA) is 61.8 Å². The van der Waals surface area contributed by atoms with Crippen LogP contribution in [0.2, 0.25) is 0 Å². The van der Waals surface area contributed by atoms with Crippen molar-refractivity contribution in [2.24, 2.45) is 0 Å². The highest BCUT2D eigenvalue weighted by molar-refractivity contribution is 6.15. The number of carbonyl (C=O) groups excluding carboxylic acids is 2. The third-order valence-electron chi connectivity index (χ3n) is 4.93. The van der Waals surface area contributed by atoms with Crippen LogP contribution in [0.25, 0.3) is 6.08 Å². The second-order valence-electron chi connectivity index (χ2n) is 7.03. The molecule has 0 saturated carbocycles. The minimum absolute atomic E-state index is 0.184. The van der Waals surface area contributed by atoms with E-state index in [1.54, 1.807) is 49.4 Å². The van der Waals surface area contributed by atoms with Crippen LogP contribution in [0.5, 0.6) is 17.2 Å². The van der Waals surface area contributed by atoms with Crippen molar-refractivity contribution < 1.29 is 23.8 Å². The number of ketones is 1. The van der Waals surface area contributed by atoms with Crippen LogP contribution >= 0.6 is 0 Å². The first-order valence-corrected chi connectivity index (χ1v) is 9.47. The number of carbonyl (C=O) groups is 2. The molecule has 150 valence electrons. The van der Waals surface area contributed by atoms with Crippen LogP contribution in [0.15, 0.2) is 66.4 Å². The number of benzene rings is 3. The Hall–Kier alpha value is -3.86. The van der Waals surface area contributed by atoms with Crippen LogP contribution in [0, 0.1) is 13.8 Å². The molecule has 4 rings (SSSR count). The van der Waals surface area contributed by atoms with Crippen LogP contribution < -0.4 is 14.2 Å². The standard InChI is InChI=1S/C25H20O5/c1-15-7-4-5-8-17(15)13-22-24(26)23-16(2)11-20(14-21(23)30-22)29-25(27)18-9-6-10-19(12-18)28-3/h4-14H,1-3H3/b22-13-. The lowest BCUT2D eigenvalue weighted by molar-refractivity contribution is 0.0734. The van der Waals surface area contributed by atoms with E-state index in [1.807, 2.05) is 31.2 Å². The number of rotatable bonds is 4. The summed E-state index contributed by atoms with van der Waals surface area (Å²) in [6, 6.07) is 17.7. The summed E-state index contributed by atoms with van der Waals surface area (Å²) in [4.78, 5) is 25.3.